The van der Waals surface area contributed by atoms with Crippen LogP contribution in [0.25, 0.3) is 0 Å². The molecule has 1 fully saturated rings. The minimum atomic E-state index is -3.70. The molecule has 0 spiro atoms. The average molecular weight is 461 g/mol. The lowest BCUT2D eigenvalue weighted by atomic mass is 9.99. The monoisotopic (exact) mass is 460 g/mol. The molecule has 32 heavy (non-hydrogen) atoms. The molecule has 4 rings (SSSR count). The van der Waals surface area contributed by atoms with E-state index in [-0.39, 0.29) is 17.3 Å². The van der Waals surface area contributed by atoms with E-state index >= 15 is 0 Å². The zero-order valence-electron chi connectivity index (χ0n) is 18.5. The molecule has 12 heteroatoms. The summed E-state index contributed by atoms with van der Waals surface area (Å²) in [6, 6.07) is 0. The van der Waals surface area contributed by atoms with E-state index in [0.29, 0.717) is 37.3 Å². The van der Waals surface area contributed by atoms with Gasteiger partial charge in [0.15, 0.2) is 0 Å². The number of rotatable bonds is 7. The molecule has 0 bridgehead atoms. The van der Waals surface area contributed by atoms with Crippen LogP contribution in [-0.4, -0.2) is 61.1 Å². The molecule has 1 aliphatic heterocycles. The third kappa shape index (κ3) is 4.46. The number of carbonyl (C=O) groups excluding carboxylic acids is 1. The summed E-state index contributed by atoms with van der Waals surface area (Å²) >= 11 is 0. The van der Waals surface area contributed by atoms with Gasteiger partial charge in [0.05, 0.1) is 42.4 Å². The lowest BCUT2D eigenvalue weighted by molar-refractivity contribution is -0.120. The Labute approximate surface area is 187 Å². The quantitative estimate of drug-likeness (QED) is 0.566. The van der Waals surface area contributed by atoms with Gasteiger partial charge in [-0.1, -0.05) is 0 Å². The molecule has 1 unspecified atom stereocenters. The Bertz CT molecular complexity index is 1210. The second kappa shape index (κ2) is 8.87. The molecule has 0 saturated carbocycles. The molecule has 4 heterocycles. The summed E-state index contributed by atoms with van der Waals surface area (Å²) in [5.41, 5.74) is 2.18. The van der Waals surface area contributed by atoms with Gasteiger partial charge in [-0.15, -0.1) is 0 Å². The van der Waals surface area contributed by atoms with Crippen LogP contribution in [0.4, 0.5) is 5.69 Å². The summed E-state index contributed by atoms with van der Waals surface area (Å²) < 4.78 is 32.6. The predicted molar refractivity (Wildman–Crippen MR) is 117 cm³/mol. The van der Waals surface area contributed by atoms with Crippen molar-refractivity contribution in [2.24, 2.45) is 13.0 Å². The molecule has 1 amide bonds. The normalized spacial score (nSPS) is 17.5. The third-order valence-electron chi connectivity index (χ3n) is 5.82. The second-order valence-corrected chi connectivity index (χ2v) is 9.95. The van der Waals surface area contributed by atoms with E-state index in [1.807, 2.05) is 17.8 Å². The van der Waals surface area contributed by atoms with Crippen LogP contribution in [0.3, 0.4) is 0 Å². The molecule has 11 nitrogen and oxygen atoms in total. The van der Waals surface area contributed by atoms with Crippen LogP contribution in [0.5, 0.6) is 0 Å². The highest BCUT2D eigenvalue weighted by molar-refractivity contribution is 7.89. The fraction of sp³-hybridized carbons (Fsp3) is 0.500. The first-order valence-electron chi connectivity index (χ1n) is 10.6. The van der Waals surface area contributed by atoms with Crippen LogP contribution in [0.15, 0.2) is 35.9 Å². The maximum atomic E-state index is 13.1. The summed E-state index contributed by atoms with van der Waals surface area (Å²) in [5, 5.41) is 15.5. The Hall–Kier alpha value is -2.99. The van der Waals surface area contributed by atoms with Crippen LogP contribution in [0.2, 0.25) is 0 Å². The van der Waals surface area contributed by atoms with E-state index in [1.165, 1.54) is 15.2 Å². The van der Waals surface area contributed by atoms with E-state index in [9.17, 15) is 13.2 Å². The summed E-state index contributed by atoms with van der Waals surface area (Å²) in [7, 11) is -1.99. The first kappa shape index (κ1) is 22.2. The fourth-order valence-corrected chi connectivity index (χ4v) is 5.56. The largest absolute Gasteiger partial charge is 0.323 e. The second-order valence-electron chi connectivity index (χ2n) is 8.04. The van der Waals surface area contributed by atoms with Crippen molar-refractivity contribution >= 4 is 21.6 Å². The van der Waals surface area contributed by atoms with Gasteiger partial charge >= 0.3 is 0 Å². The van der Waals surface area contributed by atoms with Crippen LogP contribution in [0, 0.1) is 12.8 Å². The van der Waals surface area contributed by atoms with Crippen molar-refractivity contribution in [2.75, 3.05) is 18.4 Å². The van der Waals surface area contributed by atoms with Crippen molar-refractivity contribution in [1.82, 2.24) is 33.6 Å². The molecule has 1 atom stereocenters. The Balaban J connectivity index is 1.39. The van der Waals surface area contributed by atoms with E-state index in [4.69, 9.17) is 0 Å². The predicted octanol–water partition coefficient (Wildman–Crippen LogP) is 1.23. The van der Waals surface area contributed by atoms with Gasteiger partial charge in [0.25, 0.3) is 0 Å². The summed E-state index contributed by atoms with van der Waals surface area (Å²) in [6.07, 6.45) is 9.74. The van der Waals surface area contributed by atoms with E-state index in [1.54, 1.807) is 37.2 Å². The molecule has 0 aliphatic carbocycles. The number of anilines is 1. The molecular formula is C20H28N8O3S. The van der Waals surface area contributed by atoms with Crippen molar-refractivity contribution in [3.63, 3.8) is 0 Å². The zero-order chi connectivity index (χ0) is 22.9. The number of carbonyl (C=O) groups is 1. The summed E-state index contributed by atoms with van der Waals surface area (Å²) in [5.74, 6) is -0.632. The van der Waals surface area contributed by atoms with Crippen molar-refractivity contribution in [3.8, 4) is 0 Å². The van der Waals surface area contributed by atoms with E-state index in [0.717, 1.165) is 12.1 Å². The number of aryl methyl sites for hydroxylation is 2. The standard InChI is InChI=1S/C20H28N8O3S/c1-4-26-11-16(8-22-26)12-27-14-18(9-23-27)24-20(29)17-6-5-7-28(13-17)32(30,31)19-10-21-25(3)15(19)2/h8-11,14,17H,4-7,12-13H2,1-3H3,(H,24,29). The number of hydrogen-bond acceptors (Lipinski definition) is 6. The minimum absolute atomic E-state index is 0.146. The number of piperidine rings is 1. The van der Waals surface area contributed by atoms with Gasteiger partial charge in [-0.3, -0.25) is 18.8 Å². The topological polar surface area (TPSA) is 120 Å². The minimum Gasteiger partial charge on any atom is -0.323 e. The SMILES string of the molecule is CCn1cc(Cn2cc(NC(=O)C3CCCN(S(=O)(=O)c4cnn(C)c4C)C3)cn2)cn1. The van der Waals surface area contributed by atoms with Crippen LogP contribution in [-0.2, 0) is 35.0 Å². The van der Waals surface area contributed by atoms with Gasteiger partial charge in [0, 0.05) is 44.6 Å². The fourth-order valence-electron chi connectivity index (χ4n) is 3.85. The molecule has 0 radical (unpaired) electrons. The van der Waals surface area contributed by atoms with Gasteiger partial charge < -0.3 is 5.32 Å². The highest BCUT2D eigenvalue weighted by Gasteiger charge is 2.35. The zero-order valence-corrected chi connectivity index (χ0v) is 19.3. The molecule has 172 valence electrons. The lowest BCUT2D eigenvalue weighted by Gasteiger charge is -2.31. The van der Waals surface area contributed by atoms with Gasteiger partial charge in [0.1, 0.15) is 4.90 Å². The summed E-state index contributed by atoms with van der Waals surface area (Å²) in [4.78, 5) is 13.0. The maximum absolute atomic E-state index is 13.1. The molecule has 1 N–H and O–H groups in total. The smallest absolute Gasteiger partial charge is 0.246 e. The van der Waals surface area contributed by atoms with Crippen molar-refractivity contribution in [1.29, 1.82) is 0 Å². The average Bonchev–Trinajstić information content (AvgIpc) is 3.50. The summed E-state index contributed by atoms with van der Waals surface area (Å²) in [6.45, 7) is 5.63. The number of hydrogen-bond donors (Lipinski definition) is 1. The Morgan fingerprint density at radius 2 is 1.94 bits per heavy atom. The Morgan fingerprint density at radius 1 is 1.16 bits per heavy atom. The molecule has 3 aromatic rings. The molecule has 1 aliphatic rings. The van der Waals surface area contributed by atoms with Crippen molar-refractivity contribution in [2.45, 2.75) is 44.7 Å². The first-order valence-corrected chi connectivity index (χ1v) is 12.1. The van der Waals surface area contributed by atoms with Crippen LogP contribution in [0.1, 0.15) is 31.0 Å². The maximum Gasteiger partial charge on any atom is 0.246 e. The molecular weight excluding hydrogens is 432 g/mol. The van der Waals surface area contributed by atoms with E-state index < -0.39 is 15.9 Å². The van der Waals surface area contributed by atoms with Crippen LogP contribution >= 0.6 is 0 Å². The van der Waals surface area contributed by atoms with Gasteiger partial charge in [-0.05, 0) is 26.7 Å². The van der Waals surface area contributed by atoms with Crippen molar-refractivity contribution in [3.05, 3.63) is 42.2 Å². The Kier molecular flexibility index (Phi) is 6.15. The van der Waals surface area contributed by atoms with Crippen molar-refractivity contribution < 1.29 is 13.2 Å². The highest BCUT2D eigenvalue weighted by atomic mass is 32.2. The number of aromatic nitrogens is 6. The van der Waals surface area contributed by atoms with Crippen LogP contribution < -0.4 is 5.32 Å². The third-order valence-corrected chi connectivity index (χ3v) is 7.79. The van der Waals surface area contributed by atoms with Gasteiger partial charge in [-0.2, -0.15) is 19.6 Å². The number of nitrogens with one attached hydrogen (secondary N) is 1. The van der Waals surface area contributed by atoms with E-state index in [2.05, 4.69) is 20.6 Å². The number of amides is 1. The lowest BCUT2D eigenvalue weighted by Crippen LogP contribution is -2.43. The number of sulfonamides is 1. The Morgan fingerprint density at radius 3 is 2.62 bits per heavy atom. The van der Waals surface area contributed by atoms with Gasteiger partial charge in [-0.25, -0.2) is 8.42 Å². The molecule has 0 aromatic carbocycles. The van der Waals surface area contributed by atoms with Gasteiger partial charge in [0.2, 0.25) is 15.9 Å². The molecule has 1 saturated heterocycles. The first-order chi connectivity index (χ1) is 15.3. The highest BCUT2D eigenvalue weighted by Crippen LogP contribution is 2.26. The molecule has 3 aromatic heterocycles. The number of nitrogens with zero attached hydrogens (tertiary/aromatic N) is 7.